The molecule has 2 fully saturated rings. The van der Waals surface area contributed by atoms with Gasteiger partial charge >= 0.3 is 0 Å². The van der Waals surface area contributed by atoms with Crippen LogP contribution in [-0.2, 0) is 9.53 Å². The van der Waals surface area contributed by atoms with E-state index in [2.05, 4.69) is 0 Å². The molecule has 2 aromatic rings. The number of benzene rings is 2. The number of methoxy groups -OCH3 is 2. The Morgan fingerprint density at radius 2 is 1.58 bits per heavy atom. The van der Waals surface area contributed by atoms with Crippen molar-refractivity contribution < 1.29 is 32.9 Å². The van der Waals surface area contributed by atoms with E-state index in [0.29, 0.717) is 88.1 Å². The highest BCUT2D eigenvalue weighted by molar-refractivity contribution is 5.95. The van der Waals surface area contributed by atoms with Crippen LogP contribution in [0.15, 0.2) is 42.5 Å². The van der Waals surface area contributed by atoms with Crippen molar-refractivity contribution in [3.05, 3.63) is 53.8 Å². The first-order valence-corrected chi connectivity index (χ1v) is 12.2. The minimum absolute atomic E-state index is 0.0701. The van der Waals surface area contributed by atoms with Crippen LogP contribution >= 0.6 is 0 Å². The number of carbonyl (C=O) groups excluding carboxylic acids is 2. The van der Waals surface area contributed by atoms with Gasteiger partial charge in [-0.3, -0.25) is 9.59 Å². The number of piperidine rings is 1. The zero-order chi connectivity index (χ0) is 25.5. The molecule has 8 nitrogen and oxygen atoms in total. The van der Waals surface area contributed by atoms with Crippen LogP contribution in [-0.4, -0.2) is 81.8 Å². The molecule has 0 radical (unpaired) electrons. The van der Waals surface area contributed by atoms with Crippen molar-refractivity contribution in [3.63, 3.8) is 0 Å². The molecule has 2 aromatic carbocycles. The molecule has 0 saturated carbocycles. The van der Waals surface area contributed by atoms with Crippen LogP contribution in [0.3, 0.4) is 0 Å². The number of hydrogen-bond donors (Lipinski definition) is 0. The molecule has 2 saturated heterocycles. The van der Waals surface area contributed by atoms with Crippen LogP contribution in [0.25, 0.3) is 0 Å². The first-order chi connectivity index (χ1) is 17.4. The maximum Gasteiger partial charge on any atom is 0.253 e. The average molecular weight is 501 g/mol. The molecule has 0 N–H and O–H groups in total. The molecule has 0 aromatic heterocycles. The molecule has 0 aliphatic carbocycles. The van der Waals surface area contributed by atoms with Crippen molar-refractivity contribution in [2.24, 2.45) is 5.41 Å². The number of ether oxygens (including phenoxy) is 4. The number of morpholine rings is 1. The lowest BCUT2D eigenvalue weighted by molar-refractivity contribution is -0.139. The SMILES string of the molecule is COc1ccc(C(=O)N2CCC(COc3ccc(F)cc3)(CC(=O)N3CCOCC3)CC2)cc1OC. The van der Waals surface area contributed by atoms with Gasteiger partial charge in [-0.1, -0.05) is 0 Å². The van der Waals surface area contributed by atoms with Crippen molar-refractivity contribution >= 4 is 11.8 Å². The molecule has 2 aliphatic rings. The Labute approximate surface area is 210 Å². The summed E-state index contributed by atoms with van der Waals surface area (Å²) in [6, 6.07) is 11.0. The number of rotatable bonds is 8. The molecule has 9 heteroatoms. The zero-order valence-electron chi connectivity index (χ0n) is 20.8. The Morgan fingerprint density at radius 3 is 2.22 bits per heavy atom. The molecular weight excluding hydrogens is 467 g/mol. The number of halogens is 1. The van der Waals surface area contributed by atoms with Gasteiger partial charge < -0.3 is 28.7 Å². The topological polar surface area (TPSA) is 77.5 Å². The molecule has 4 rings (SSSR count). The Hall–Kier alpha value is -3.33. The summed E-state index contributed by atoms with van der Waals surface area (Å²) in [6.07, 6.45) is 1.55. The highest BCUT2D eigenvalue weighted by atomic mass is 19.1. The van der Waals surface area contributed by atoms with E-state index < -0.39 is 5.41 Å². The predicted octanol–water partition coefficient (Wildman–Crippen LogP) is 3.39. The normalized spacial score (nSPS) is 17.4. The van der Waals surface area contributed by atoms with E-state index in [1.165, 1.54) is 19.2 Å². The molecule has 0 bridgehead atoms. The second-order valence-electron chi connectivity index (χ2n) is 9.27. The van der Waals surface area contributed by atoms with E-state index >= 15 is 0 Å². The van der Waals surface area contributed by atoms with E-state index in [-0.39, 0.29) is 17.6 Å². The van der Waals surface area contributed by atoms with E-state index in [1.54, 1.807) is 42.3 Å². The predicted molar refractivity (Wildman–Crippen MR) is 131 cm³/mol. The highest BCUT2D eigenvalue weighted by Crippen LogP contribution is 2.37. The summed E-state index contributed by atoms with van der Waals surface area (Å²) in [5.74, 6) is 1.26. The summed E-state index contributed by atoms with van der Waals surface area (Å²) in [5, 5.41) is 0. The summed E-state index contributed by atoms with van der Waals surface area (Å²) in [5.41, 5.74) is 0.0881. The van der Waals surface area contributed by atoms with E-state index in [0.717, 1.165) is 0 Å². The lowest BCUT2D eigenvalue weighted by Crippen LogP contribution is -2.49. The fourth-order valence-corrected chi connectivity index (χ4v) is 4.72. The third kappa shape index (κ3) is 6.07. The van der Waals surface area contributed by atoms with Gasteiger partial charge in [-0.25, -0.2) is 4.39 Å². The van der Waals surface area contributed by atoms with Crippen molar-refractivity contribution in [2.45, 2.75) is 19.3 Å². The maximum absolute atomic E-state index is 13.3. The fraction of sp³-hybridized carbons (Fsp3) is 0.481. The van der Waals surface area contributed by atoms with Crippen LogP contribution < -0.4 is 14.2 Å². The van der Waals surface area contributed by atoms with Gasteiger partial charge in [0, 0.05) is 43.6 Å². The van der Waals surface area contributed by atoms with E-state index in [9.17, 15) is 14.0 Å². The molecule has 0 unspecified atom stereocenters. The molecular formula is C27H33FN2O6. The van der Waals surface area contributed by atoms with Crippen molar-refractivity contribution in [3.8, 4) is 17.2 Å². The monoisotopic (exact) mass is 500 g/mol. The summed E-state index contributed by atoms with van der Waals surface area (Å²) < 4.78 is 35.3. The standard InChI is InChI=1S/C27H33FN2O6/c1-33-23-8-3-20(17-24(23)34-2)26(32)30-11-9-27(10-12-30,18-25(31)29-13-15-35-16-14-29)19-36-22-6-4-21(28)5-7-22/h3-8,17H,9-16,18-19H2,1-2H3. The van der Waals surface area contributed by atoms with Crippen LogP contribution in [0.5, 0.6) is 17.2 Å². The molecule has 194 valence electrons. The van der Waals surface area contributed by atoms with Crippen LogP contribution in [0, 0.1) is 11.2 Å². The molecule has 2 aliphatic heterocycles. The molecule has 36 heavy (non-hydrogen) atoms. The Morgan fingerprint density at radius 1 is 0.917 bits per heavy atom. The Bertz CT molecular complexity index is 1050. The fourth-order valence-electron chi connectivity index (χ4n) is 4.72. The molecule has 2 heterocycles. The minimum atomic E-state index is -0.432. The second-order valence-corrected chi connectivity index (χ2v) is 9.27. The lowest BCUT2D eigenvalue weighted by atomic mass is 9.75. The lowest BCUT2D eigenvalue weighted by Gasteiger charge is -2.42. The highest BCUT2D eigenvalue weighted by Gasteiger charge is 2.40. The van der Waals surface area contributed by atoms with Crippen molar-refractivity contribution in [2.75, 3.05) is 60.2 Å². The quantitative estimate of drug-likeness (QED) is 0.553. The third-order valence-electron chi connectivity index (χ3n) is 6.99. The minimum Gasteiger partial charge on any atom is -0.493 e. The Balaban J connectivity index is 1.46. The Kier molecular flexibility index (Phi) is 8.30. The van der Waals surface area contributed by atoms with Gasteiger partial charge in [-0.2, -0.15) is 0 Å². The van der Waals surface area contributed by atoms with Crippen LogP contribution in [0.2, 0.25) is 0 Å². The number of carbonyl (C=O) groups is 2. The number of nitrogens with zero attached hydrogens (tertiary/aromatic N) is 2. The van der Waals surface area contributed by atoms with E-state index in [1.807, 2.05) is 4.90 Å². The summed E-state index contributed by atoms with van der Waals surface area (Å²) >= 11 is 0. The van der Waals surface area contributed by atoms with Gasteiger partial charge in [0.05, 0.1) is 34.0 Å². The van der Waals surface area contributed by atoms with Gasteiger partial charge in [0.15, 0.2) is 11.5 Å². The first-order valence-electron chi connectivity index (χ1n) is 12.2. The molecule has 0 spiro atoms. The van der Waals surface area contributed by atoms with Crippen molar-refractivity contribution in [1.29, 1.82) is 0 Å². The van der Waals surface area contributed by atoms with Gasteiger partial charge in [-0.15, -0.1) is 0 Å². The molecule has 2 amide bonds. The first kappa shape index (κ1) is 25.8. The van der Waals surface area contributed by atoms with Gasteiger partial charge in [-0.05, 0) is 55.3 Å². The van der Waals surface area contributed by atoms with Gasteiger partial charge in [0.25, 0.3) is 5.91 Å². The van der Waals surface area contributed by atoms with Crippen LogP contribution in [0.4, 0.5) is 4.39 Å². The number of likely N-dealkylation sites (tertiary alicyclic amines) is 1. The van der Waals surface area contributed by atoms with Gasteiger partial charge in [0.2, 0.25) is 5.91 Å². The zero-order valence-corrected chi connectivity index (χ0v) is 20.8. The summed E-state index contributed by atoms with van der Waals surface area (Å²) in [7, 11) is 3.09. The van der Waals surface area contributed by atoms with Gasteiger partial charge in [0.1, 0.15) is 11.6 Å². The summed E-state index contributed by atoms with van der Waals surface area (Å²) in [4.78, 5) is 30.0. The summed E-state index contributed by atoms with van der Waals surface area (Å²) in [6.45, 7) is 3.55. The number of amides is 2. The second kappa shape index (κ2) is 11.6. The smallest absolute Gasteiger partial charge is 0.253 e. The van der Waals surface area contributed by atoms with E-state index in [4.69, 9.17) is 18.9 Å². The largest absolute Gasteiger partial charge is 0.493 e. The average Bonchev–Trinajstić information content (AvgIpc) is 2.93. The third-order valence-corrected chi connectivity index (χ3v) is 6.99. The molecule has 0 atom stereocenters. The number of hydrogen-bond acceptors (Lipinski definition) is 6. The van der Waals surface area contributed by atoms with Crippen LogP contribution in [0.1, 0.15) is 29.6 Å². The maximum atomic E-state index is 13.3. The van der Waals surface area contributed by atoms with Crippen molar-refractivity contribution in [1.82, 2.24) is 9.80 Å².